The first-order valence-corrected chi connectivity index (χ1v) is 10.4. The van der Waals surface area contributed by atoms with Crippen LogP contribution in [0.5, 0.6) is 5.75 Å². The quantitative estimate of drug-likeness (QED) is 0.244. The van der Waals surface area contributed by atoms with Crippen molar-refractivity contribution in [1.29, 1.82) is 0 Å². The van der Waals surface area contributed by atoms with E-state index in [1.54, 1.807) is 7.05 Å². The molecule has 0 aliphatic carbocycles. The largest absolute Gasteiger partial charge is 0.484 e. The Balaban J connectivity index is 0.00000480. The number of carbonyl (C=O) groups is 1. The molecular formula is C24H35IN4O2. The number of primary amides is 1. The van der Waals surface area contributed by atoms with Crippen molar-refractivity contribution in [1.82, 2.24) is 10.6 Å². The van der Waals surface area contributed by atoms with Gasteiger partial charge in [0.05, 0.1) is 6.04 Å². The van der Waals surface area contributed by atoms with Crippen LogP contribution in [0.3, 0.4) is 0 Å². The fourth-order valence-electron chi connectivity index (χ4n) is 3.13. The fourth-order valence-corrected chi connectivity index (χ4v) is 3.13. The Morgan fingerprint density at radius 2 is 1.65 bits per heavy atom. The lowest BCUT2D eigenvalue weighted by atomic mass is 10.00. The van der Waals surface area contributed by atoms with Crippen molar-refractivity contribution in [2.24, 2.45) is 16.6 Å². The average molecular weight is 538 g/mol. The van der Waals surface area contributed by atoms with E-state index in [1.165, 1.54) is 11.1 Å². The highest BCUT2D eigenvalue weighted by atomic mass is 127. The van der Waals surface area contributed by atoms with Gasteiger partial charge in [0.25, 0.3) is 5.91 Å². The monoisotopic (exact) mass is 538 g/mol. The molecule has 1 unspecified atom stereocenters. The molecule has 0 heterocycles. The van der Waals surface area contributed by atoms with Crippen molar-refractivity contribution in [3.05, 3.63) is 65.2 Å². The third-order valence-corrected chi connectivity index (χ3v) is 4.71. The number of hydrogen-bond acceptors (Lipinski definition) is 3. The van der Waals surface area contributed by atoms with Crippen molar-refractivity contribution >= 4 is 35.8 Å². The minimum atomic E-state index is -0.483. The Labute approximate surface area is 203 Å². The number of nitrogens with one attached hydrogen (secondary N) is 2. The van der Waals surface area contributed by atoms with Gasteiger partial charge in [-0.3, -0.25) is 9.79 Å². The molecule has 0 aliphatic heterocycles. The number of aliphatic imine (C=N–C) groups is 1. The van der Waals surface area contributed by atoms with Crippen molar-refractivity contribution in [2.45, 2.75) is 39.7 Å². The molecule has 0 aromatic heterocycles. The lowest BCUT2D eigenvalue weighted by Crippen LogP contribution is -2.39. The smallest absolute Gasteiger partial charge is 0.255 e. The Bertz CT molecular complexity index is 820. The van der Waals surface area contributed by atoms with E-state index in [9.17, 15) is 4.79 Å². The summed E-state index contributed by atoms with van der Waals surface area (Å²) in [6.07, 6.45) is 1.94. The Kier molecular flexibility index (Phi) is 12.0. The number of ether oxygens (including phenoxy) is 1. The van der Waals surface area contributed by atoms with Crippen LogP contribution in [0.15, 0.2) is 53.5 Å². The molecule has 2 aromatic carbocycles. The maximum atomic E-state index is 10.8. The normalized spacial score (nSPS) is 12.1. The Hall–Kier alpha value is -2.29. The van der Waals surface area contributed by atoms with Crippen molar-refractivity contribution < 1.29 is 9.53 Å². The second kappa shape index (κ2) is 13.9. The van der Waals surface area contributed by atoms with Crippen LogP contribution in [-0.4, -0.2) is 32.1 Å². The van der Waals surface area contributed by atoms with Gasteiger partial charge in [-0.1, -0.05) is 50.2 Å². The lowest BCUT2D eigenvalue weighted by Gasteiger charge is -2.19. The maximum Gasteiger partial charge on any atom is 0.255 e. The number of benzene rings is 2. The summed E-state index contributed by atoms with van der Waals surface area (Å²) in [5.41, 5.74) is 8.85. The molecule has 170 valence electrons. The van der Waals surface area contributed by atoms with Crippen molar-refractivity contribution in [3.63, 3.8) is 0 Å². The first-order chi connectivity index (χ1) is 14.4. The SMILES string of the molecule is CN=C(NCCc1ccc(OCC(N)=O)cc1)NC(C)c1ccc(CC(C)C)cc1.I. The molecule has 1 atom stereocenters. The van der Waals surface area contributed by atoms with Gasteiger partial charge < -0.3 is 21.1 Å². The first-order valence-electron chi connectivity index (χ1n) is 10.4. The summed E-state index contributed by atoms with van der Waals surface area (Å²) in [7, 11) is 1.78. The molecule has 2 rings (SSSR count). The molecule has 0 aliphatic rings. The summed E-state index contributed by atoms with van der Waals surface area (Å²) in [5, 5.41) is 6.80. The van der Waals surface area contributed by atoms with Crippen LogP contribution >= 0.6 is 24.0 Å². The van der Waals surface area contributed by atoms with Gasteiger partial charge in [0, 0.05) is 13.6 Å². The number of halogens is 1. The van der Waals surface area contributed by atoms with Crippen molar-refractivity contribution in [3.8, 4) is 5.75 Å². The van der Waals surface area contributed by atoms with E-state index in [0.29, 0.717) is 11.7 Å². The van der Waals surface area contributed by atoms with Crippen LogP contribution in [0, 0.1) is 5.92 Å². The molecular weight excluding hydrogens is 503 g/mol. The molecule has 0 radical (unpaired) electrons. The molecule has 0 saturated carbocycles. The van der Waals surface area contributed by atoms with Crippen LogP contribution < -0.4 is 21.1 Å². The molecule has 2 aromatic rings. The molecule has 0 bridgehead atoms. The molecule has 7 heteroatoms. The number of carbonyl (C=O) groups excluding carboxylic acids is 1. The zero-order valence-corrected chi connectivity index (χ0v) is 21.2. The topological polar surface area (TPSA) is 88.7 Å². The fraction of sp³-hybridized carbons (Fsp3) is 0.417. The highest BCUT2D eigenvalue weighted by Gasteiger charge is 2.08. The summed E-state index contributed by atoms with van der Waals surface area (Å²) < 4.78 is 5.28. The van der Waals surface area contributed by atoms with Gasteiger partial charge in [-0.2, -0.15) is 0 Å². The Morgan fingerprint density at radius 3 is 2.19 bits per heavy atom. The molecule has 0 fully saturated rings. The molecule has 0 saturated heterocycles. The highest BCUT2D eigenvalue weighted by Crippen LogP contribution is 2.16. The number of nitrogens with zero attached hydrogens (tertiary/aromatic N) is 1. The van der Waals surface area contributed by atoms with E-state index in [0.717, 1.165) is 30.9 Å². The minimum Gasteiger partial charge on any atom is -0.484 e. The number of hydrogen-bond donors (Lipinski definition) is 3. The van der Waals surface area contributed by atoms with E-state index in [-0.39, 0.29) is 36.6 Å². The van der Waals surface area contributed by atoms with Gasteiger partial charge in [-0.25, -0.2) is 0 Å². The summed E-state index contributed by atoms with van der Waals surface area (Å²) >= 11 is 0. The van der Waals surface area contributed by atoms with Crippen LogP contribution in [0.1, 0.15) is 43.5 Å². The third kappa shape index (κ3) is 10.0. The van der Waals surface area contributed by atoms with Crippen molar-refractivity contribution in [2.75, 3.05) is 20.2 Å². The molecule has 6 nitrogen and oxygen atoms in total. The molecule has 31 heavy (non-hydrogen) atoms. The summed E-state index contributed by atoms with van der Waals surface area (Å²) in [6, 6.07) is 16.6. The van der Waals surface area contributed by atoms with Crippen LogP contribution in [-0.2, 0) is 17.6 Å². The lowest BCUT2D eigenvalue weighted by molar-refractivity contribution is -0.119. The third-order valence-electron chi connectivity index (χ3n) is 4.71. The molecule has 1 amide bonds. The standard InChI is InChI=1S/C24H34N4O2.HI/c1-17(2)15-20-5-9-21(10-6-20)18(3)28-24(26-4)27-14-13-19-7-11-22(12-8-19)30-16-23(25)29;/h5-12,17-18H,13-16H2,1-4H3,(H2,25,29)(H2,26,27,28);1H. The van der Waals surface area contributed by atoms with E-state index >= 15 is 0 Å². The Morgan fingerprint density at radius 1 is 1.03 bits per heavy atom. The molecule has 4 N–H and O–H groups in total. The maximum absolute atomic E-state index is 10.8. The van der Waals surface area contributed by atoms with E-state index in [4.69, 9.17) is 10.5 Å². The van der Waals surface area contributed by atoms with Crippen LogP contribution in [0.4, 0.5) is 0 Å². The van der Waals surface area contributed by atoms with Crippen LogP contribution in [0.25, 0.3) is 0 Å². The van der Waals surface area contributed by atoms with E-state index < -0.39 is 5.91 Å². The predicted molar refractivity (Wildman–Crippen MR) is 138 cm³/mol. The second-order valence-electron chi connectivity index (χ2n) is 7.85. The summed E-state index contributed by atoms with van der Waals surface area (Å²) in [4.78, 5) is 15.1. The van der Waals surface area contributed by atoms with Gasteiger partial charge in [0.2, 0.25) is 0 Å². The second-order valence-corrected chi connectivity index (χ2v) is 7.85. The van der Waals surface area contributed by atoms with Gasteiger partial charge in [-0.05, 0) is 54.5 Å². The van der Waals surface area contributed by atoms with Crippen LogP contribution in [0.2, 0.25) is 0 Å². The predicted octanol–water partition coefficient (Wildman–Crippen LogP) is 3.84. The van der Waals surface area contributed by atoms with E-state index in [2.05, 4.69) is 60.7 Å². The first kappa shape index (κ1) is 26.7. The van der Waals surface area contributed by atoms with E-state index in [1.807, 2.05) is 24.3 Å². The zero-order valence-electron chi connectivity index (χ0n) is 18.9. The number of rotatable bonds is 10. The van der Waals surface area contributed by atoms with Gasteiger partial charge in [0.1, 0.15) is 5.75 Å². The van der Waals surface area contributed by atoms with Gasteiger partial charge in [-0.15, -0.1) is 24.0 Å². The number of amides is 1. The zero-order chi connectivity index (χ0) is 21.9. The average Bonchev–Trinajstić information content (AvgIpc) is 2.72. The summed E-state index contributed by atoms with van der Waals surface area (Å²) in [6.45, 7) is 7.25. The minimum absolute atomic E-state index is 0. The molecule has 0 spiro atoms. The highest BCUT2D eigenvalue weighted by molar-refractivity contribution is 14.0. The number of nitrogens with two attached hydrogens (primary N) is 1. The van der Waals surface area contributed by atoms with Gasteiger partial charge in [0.15, 0.2) is 12.6 Å². The summed E-state index contributed by atoms with van der Waals surface area (Å²) in [5.74, 6) is 1.59. The number of guanidine groups is 1. The van der Waals surface area contributed by atoms with Gasteiger partial charge >= 0.3 is 0 Å².